The van der Waals surface area contributed by atoms with Gasteiger partial charge in [0.2, 0.25) is 6.04 Å². The third kappa shape index (κ3) is 2.00. The van der Waals surface area contributed by atoms with Crippen molar-refractivity contribution in [1.82, 2.24) is 0 Å². The average molecular weight is 297 g/mol. The summed E-state index contributed by atoms with van der Waals surface area (Å²) in [5, 5.41) is 12.4. The molecule has 0 unspecified atom stereocenters. The van der Waals surface area contributed by atoms with E-state index in [1.165, 1.54) is 0 Å². The number of carbonyl (C=O) groups excluding carboxylic acids is 1. The van der Waals surface area contributed by atoms with Gasteiger partial charge in [-0.3, -0.25) is 14.9 Å². The van der Waals surface area contributed by atoms with Crippen LogP contribution >= 0.6 is 0 Å². The fourth-order valence-corrected chi connectivity index (χ4v) is 2.63. The van der Waals surface area contributed by atoms with Crippen LogP contribution in [0, 0.1) is 16.0 Å². The molecule has 0 saturated heterocycles. The van der Waals surface area contributed by atoms with Crippen LogP contribution in [0.4, 0.5) is 0 Å². The van der Waals surface area contributed by atoms with Crippen LogP contribution in [0.15, 0.2) is 46.9 Å². The first-order chi connectivity index (χ1) is 10.6. The van der Waals surface area contributed by atoms with Crippen molar-refractivity contribution in [3.05, 3.63) is 52.6 Å². The molecule has 2 aromatic carbocycles. The van der Waals surface area contributed by atoms with Gasteiger partial charge in [-0.25, -0.2) is 0 Å². The second-order valence-corrected chi connectivity index (χ2v) is 5.37. The van der Waals surface area contributed by atoms with E-state index < -0.39 is 22.9 Å². The molecule has 1 fully saturated rings. The smallest absolute Gasteiger partial charge is 0.321 e. The largest absolute Gasteiger partial charge is 0.456 e. The van der Waals surface area contributed by atoms with E-state index in [9.17, 15) is 14.9 Å². The van der Waals surface area contributed by atoms with E-state index in [0.29, 0.717) is 11.3 Å². The molecular weight excluding hydrogens is 286 g/mol. The van der Waals surface area contributed by atoms with Crippen molar-refractivity contribution in [3.8, 4) is 5.75 Å². The van der Waals surface area contributed by atoms with Gasteiger partial charge in [-0.2, -0.15) is 0 Å². The number of furan rings is 1. The molecule has 0 bridgehead atoms. The highest BCUT2D eigenvalue weighted by Crippen LogP contribution is 2.36. The molecule has 1 aromatic heterocycles. The quantitative estimate of drug-likeness (QED) is 0.321. The normalized spacial score (nSPS) is 20.2. The predicted octanol–water partition coefficient (Wildman–Crippen LogP) is 3.16. The van der Waals surface area contributed by atoms with Gasteiger partial charge >= 0.3 is 5.97 Å². The number of para-hydroxylation sites is 1. The van der Waals surface area contributed by atoms with E-state index in [1.807, 2.05) is 24.3 Å². The third-order valence-corrected chi connectivity index (χ3v) is 3.90. The molecular formula is C16H11NO5. The van der Waals surface area contributed by atoms with Crippen molar-refractivity contribution in [2.45, 2.75) is 12.5 Å². The molecule has 6 heteroatoms. The minimum absolute atomic E-state index is 0.253. The van der Waals surface area contributed by atoms with Crippen LogP contribution < -0.4 is 4.74 Å². The zero-order chi connectivity index (χ0) is 15.3. The van der Waals surface area contributed by atoms with E-state index in [4.69, 9.17) is 9.15 Å². The molecule has 0 radical (unpaired) electrons. The summed E-state index contributed by atoms with van der Waals surface area (Å²) >= 11 is 0. The van der Waals surface area contributed by atoms with E-state index in [-0.39, 0.29) is 6.42 Å². The SMILES string of the molecule is O=C(Oc1ccc2oc3ccccc3c2c1)[C@H]1C[C@@H]1[N+](=O)[O-]. The van der Waals surface area contributed by atoms with E-state index in [1.54, 1.807) is 18.2 Å². The number of hydrogen-bond acceptors (Lipinski definition) is 5. The summed E-state index contributed by atoms with van der Waals surface area (Å²) in [4.78, 5) is 22.0. The number of rotatable bonds is 3. The number of benzene rings is 2. The van der Waals surface area contributed by atoms with Crippen LogP contribution in [0.2, 0.25) is 0 Å². The average Bonchev–Trinajstić information content (AvgIpc) is 3.23. The molecule has 2 atom stereocenters. The van der Waals surface area contributed by atoms with E-state index in [2.05, 4.69) is 0 Å². The number of esters is 1. The van der Waals surface area contributed by atoms with Gasteiger partial charge in [0.1, 0.15) is 22.8 Å². The van der Waals surface area contributed by atoms with Crippen LogP contribution in [0.25, 0.3) is 21.9 Å². The zero-order valence-electron chi connectivity index (χ0n) is 11.4. The highest BCUT2D eigenvalue weighted by atomic mass is 16.6. The molecule has 0 amide bonds. The third-order valence-electron chi connectivity index (χ3n) is 3.90. The summed E-state index contributed by atoms with van der Waals surface area (Å²) in [5.74, 6) is -0.807. The Morgan fingerprint density at radius 3 is 2.73 bits per heavy atom. The summed E-state index contributed by atoms with van der Waals surface area (Å²) in [6.07, 6.45) is 0.253. The number of nitrogens with zero attached hydrogens (tertiary/aromatic N) is 1. The molecule has 0 N–H and O–H groups in total. The predicted molar refractivity (Wildman–Crippen MR) is 78.2 cm³/mol. The number of fused-ring (bicyclic) bond motifs is 3. The molecule has 1 saturated carbocycles. The van der Waals surface area contributed by atoms with Gasteiger partial charge in [-0.1, -0.05) is 18.2 Å². The van der Waals surface area contributed by atoms with Gasteiger partial charge < -0.3 is 9.15 Å². The fraction of sp³-hybridized carbons (Fsp3) is 0.188. The van der Waals surface area contributed by atoms with E-state index in [0.717, 1.165) is 16.4 Å². The first kappa shape index (κ1) is 12.8. The number of carbonyl (C=O) groups is 1. The Balaban J connectivity index is 1.64. The Kier molecular flexibility index (Phi) is 2.66. The van der Waals surface area contributed by atoms with Crippen molar-refractivity contribution in [3.63, 3.8) is 0 Å². The second-order valence-electron chi connectivity index (χ2n) is 5.37. The Hall–Kier alpha value is -2.89. The van der Waals surface area contributed by atoms with Crippen molar-refractivity contribution >= 4 is 27.9 Å². The molecule has 110 valence electrons. The topological polar surface area (TPSA) is 82.6 Å². The first-order valence-corrected chi connectivity index (χ1v) is 6.90. The van der Waals surface area contributed by atoms with Gasteiger partial charge in [0.25, 0.3) is 0 Å². The first-order valence-electron chi connectivity index (χ1n) is 6.90. The van der Waals surface area contributed by atoms with Gasteiger partial charge in [0, 0.05) is 22.1 Å². The minimum atomic E-state index is -0.800. The van der Waals surface area contributed by atoms with Crippen LogP contribution in [-0.4, -0.2) is 16.9 Å². The maximum Gasteiger partial charge on any atom is 0.321 e. The highest BCUT2D eigenvalue weighted by Gasteiger charge is 2.54. The lowest BCUT2D eigenvalue weighted by Crippen LogP contribution is -2.16. The Labute approximate surface area is 124 Å². The van der Waals surface area contributed by atoms with Gasteiger partial charge in [0.15, 0.2) is 0 Å². The number of nitro groups is 1. The molecule has 4 rings (SSSR count). The maximum atomic E-state index is 11.9. The molecule has 1 aliphatic carbocycles. The molecule has 1 aliphatic rings. The fourth-order valence-electron chi connectivity index (χ4n) is 2.63. The van der Waals surface area contributed by atoms with Crippen molar-refractivity contribution in [1.29, 1.82) is 0 Å². The van der Waals surface area contributed by atoms with Crippen LogP contribution in [0.1, 0.15) is 6.42 Å². The summed E-state index contributed by atoms with van der Waals surface area (Å²) in [7, 11) is 0. The molecule has 0 aliphatic heterocycles. The molecule has 22 heavy (non-hydrogen) atoms. The summed E-state index contributed by atoms with van der Waals surface area (Å²) < 4.78 is 11.0. The Morgan fingerprint density at radius 2 is 1.95 bits per heavy atom. The molecule has 3 aromatic rings. The Bertz CT molecular complexity index is 913. The van der Waals surface area contributed by atoms with E-state index >= 15 is 0 Å². The summed E-state index contributed by atoms with van der Waals surface area (Å²) in [5.41, 5.74) is 1.46. The van der Waals surface area contributed by atoms with Crippen molar-refractivity contribution < 1.29 is 18.9 Å². The van der Waals surface area contributed by atoms with Crippen LogP contribution in [0.3, 0.4) is 0 Å². The number of hydrogen-bond donors (Lipinski definition) is 0. The molecule has 1 heterocycles. The summed E-state index contributed by atoms with van der Waals surface area (Å²) in [6, 6.07) is 11.9. The minimum Gasteiger partial charge on any atom is -0.456 e. The number of ether oxygens (including phenoxy) is 1. The van der Waals surface area contributed by atoms with Gasteiger partial charge in [-0.05, 0) is 24.3 Å². The lowest BCUT2D eigenvalue weighted by atomic mass is 10.1. The monoisotopic (exact) mass is 297 g/mol. The molecule has 6 nitrogen and oxygen atoms in total. The second kappa shape index (κ2) is 4.56. The highest BCUT2D eigenvalue weighted by molar-refractivity contribution is 6.05. The van der Waals surface area contributed by atoms with Gasteiger partial charge in [-0.15, -0.1) is 0 Å². The zero-order valence-corrected chi connectivity index (χ0v) is 11.4. The van der Waals surface area contributed by atoms with Crippen LogP contribution in [0.5, 0.6) is 5.75 Å². The molecule has 0 spiro atoms. The lowest BCUT2D eigenvalue weighted by molar-refractivity contribution is -0.497. The lowest BCUT2D eigenvalue weighted by Gasteiger charge is -2.02. The van der Waals surface area contributed by atoms with Crippen molar-refractivity contribution in [2.75, 3.05) is 0 Å². The van der Waals surface area contributed by atoms with Gasteiger partial charge in [0.05, 0.1) is 0 Å². The Morgan fingerprint density at radius 1 is 1.18 bits per heavy atom. The standard InChI is InChI=1S/C16H11NO5/c18-16(12-8-13(12)17(19)20)21-9-5-6-15-11(7-9)10-3-1-2-4-14(10)22-15/h1-7,12-13H,8H2/t12-,13-/m0/s1. The van der Waals surface area contributed by atoms with Crippen molar-refractivity contribution in [2.24, 2.45) is 5.92 Å². The summed E-state index contributed by atoms with van der Waals surface area (Å²) in [6.45, 7) is 0. The maximum absolute atomic E-state index is 11.9. The van der Waals surface area contributed by atoms with Crippen LogP contribution in [-0.2, 0) is 4.79 Å².